The van der Waals surface area contributed by atoms with Gasteiger partial charge in [-0.15, -0.1) is 12.1 Å². The van der Waals surface area contributed by atoms with Crippen molar-refractivity contribution in [2.45, 2.75) is 95.9 Å². The Bertz CT molecular complexity index is 852. The largest absolute Gasteiger partial charge is 1.00 e. The first kappa shape index (κ1) is 37.1. The van der Waals surface area contributed by atoms with Crippen LogP contribution in [0.25, 0.3) is 0 Å². The zero-order chi connectivity index (χ0) is 28.8. The summed E-state index contributed by atoms with van der Waals surface area (Å²) >= 11 is 0. The quantitative estimate of drug-likeness (QED) is 0.131. The molecule has 2 saturated heterocycles. The molecule has 1 aromatic carbocycles. The Morgan fingerprint density at radius 2 is 1.80 bits per heavy atom. The number of unbranched alkanes of at least 4 members (excludes halogenated alkanes) is 4. The normalized spacial score (nSPS) is 17.3. The third kappa shape index (κ3) is 17.6. The van der Waals surface area contributed by atoms with E-state index < -0.39 is 0 Å². The summed E-state index contributed by atoms with van der Waals surface area (Å²) in [7, 11) is 0. The predicted octanol–water partition coefficient (Wildman–Crippen LogP) is 1.78. The number of ketones is 1. The van der Waals surface area contributed by atoms with Gasteiger partial charge in [0.2, 0.25) is 5.91 Å². The number of benzene rings is 1. The van der Waals surface area contributed by atoms with E-state index >= 15 is 0 Å². The zero-order valence-corrected chi connectivity index (χ0v) is 24.5. The molecule has 0 saturated carbocycles. The molecular weight excluding hydrogens is 526 g/mol. The van der Waals surface area contributed by atoms with Crippen molar-refractivity contribution in [1.82, 2.24) is 5.48 Å². The Kier molecular flexibility index (Phi) is 21.3. The first-order valence-electron chi connectivity index (χ1n) is 14.4. The number of carbonyl (C=O) groups is 2. The average Bonchev–Trinajstić information content (AvgIpc) is 2.98. The molecule has 1 aromatic rings. The summed E-state index contributed by atoms with van der Waals surface area (Å²) in [5.41, 5.74) is 3.11. The van der Waals surface area contributed by atoms with Crippen molar-refractivity contribution in [2.24, 2.45) is 0 Å². The minimum atomic E-state index is -0.379. The molecule has 2 atom stereocenters. The number of carbonyl (C=O) groups excluding carboxylic acids is 3. The number of nitrogens with zero attached hydrogens (tertiary/aromatic N) is 1. The van der Waals surface area contributed by atoms with Crippen molar-refractivity contribution >= 4 is 23.9 Å². The number of ether oxygens (including phenoxy) is 3. The van der Waals surface area contributed by atoms with E-state index in [0.717, 1.165) is 70.9 Å². The summed E-state index contributed by atoms with van der Waals surface area (Å²) in [6.07, 6.45) is 9.54. The standard InChI is InChI=1S/C20H33NO6.C10H11FNO.Li/c1-17(26-16-22)10-6-7-12-18(23)11-4-2-3-5-13-19(24)21-27-20-14-8-9-15-25-20;11-9-3-1-2-4-10(9)12-5-7-13-8-6-12;/h17,20H,1-15H2,(H,21,24);2-4H,5-8H2;/q-2;-1;+1/t17-,20?;;/m1../s1. The van der Waals surface area contributed by atoms with Gasteiger partial charge in [0, 0.05) is 51.2 Å². The number of halogens is 1. The second-order valence-corrected chi connectivity index (χ2v) is 9.94. The number of hydroxylamine groups is 1. The molecule has 2 aliphatic rings. The number of hydrogen-bond acceptors (Lipinski definition) is 8. The van der Waals surface area contributed by atoms with Gasteiger partial charge in [-0.05, 0) is 44.2 Å². The fourth-order valence-corrected chi connectivity index (χ4v) is 4.36. The Hall–Kier alpha value is -1.96. The SMILES string of the molecule is Fc1c[c-]ccc1N1CCOCC1.[CH2-][C@H](CCCCC(=O)CCCCCCC(=O)NOC1CCCCO1)O[C-]=O.[Li+]. The number of amides is 1. The first-order chi connectivity index (χ1) is 19.5. The van der Waals surface area contributed by atoms with E-state index in [1.54, 1.807) is 12.1 Å². The van der Waals surface area contributed by atoms with Crippen LogP contribution in [0.15, 0.2) is 18.2 Å². The van der Waals surface area contributed by atoms with Crippen molar-refractivity contribution in [3.05, 3.63) is 37.0 Å². The van der Waals surface area contributed by atoms with Crippen LogP contribution in [-0.2, 0) is 33.4 Å². The van der Waals surface area contributed by atoms with Gasteiger partial charge in [0.15, 0.2) is 6.29 Å². The van der Waals surface area contributed by atoms with Gasteiger partial charge in [-0.1, -0.05) is 31.8 Å². The van der Waals surface area contributed by atoms with Gasteiger partial charge in [-0.3, -0.25) is 14.0 Å². The Labute approximate surface area is 256 Å². The molecular formula is C30H44FLiN2O7-2. The van der Waals surface area contributed by atoms with Gasteiger partial charge in [0.25, 0.3) is 0 Å². The van der Waals surface area contributed by atoms with E-state index in [1.807, 2.05) is 4.90 Å². The number of hydrogen-bond donors (Lipinski definition) is 1. The van der Waals surface area contributed by atoms with Crippen molar-refractivity contribution in [2.75, 3.05) is 37.8 Å². The summed E-state index contributed by atoms with van der Waals surface area (Å²) in [6.45, 7) is 8.60. The minimum absolute atomic E-state index is 0. The molecule has 1 N–H and O–H groups in total. The second kappa shape index (κ2) is 23.6. The van der Waals surface area contributed by atoms with E-state index in [1.165, 1.54) is 12.5 Å². The molecule has 0 aliphatic carbocycles. The third-order valence-electron chi connectivity index (χ3n) is 6.64. The molecule has 3 rings (SSSR count). The van der Waals surface area contributed by atoms with Crippen molar-refractivity contribution in [1.29, 1.82) is 0 Å². The van der Waals surface area contributed by atoms with Gasteiger partial charge < -0.3 is 30.8 Å². The van der Waals surface area contributed by atoms with Crippen LogP contribution >= 0.6 is 0 Å². The van der Waals surface area contributed by atoms with Crippen LogP contribution in [0.5, 0.6) is 0 Å². The maximum absolute atomic E-state index is 13.3. The van der Waals surface area contributed by atoms with Crippen LogP contribution in [0, 0.1) is 18.8 Å². The minimum Gasteiger partial charge on any atom is -0.675 e. The molecule has 2 aliphatic heterocycles. The van der Waals surface area contributed by atoms with E-state index in [9.17, 15) is 18.8 Å². The molecule has 1 amide bonds. The summed E-state index contributed by atoms with van der Waals surface area (Å²) in [4.78, 5) is 40.7. The number of rotatable bonds is 17. The second-order valence-electron chi connectivity index (χ2n) is 9.94. The van der Waals surface area contributed by atoms with E-state index in [0.29, 0.717) is 51.2 Å². The van der Waals surface area contributed by atoms with Gasteiger partial charge in [-0.2, -0.15) is 12.1 Å². The van der Waals surface area contributed by atoms with Gasteiger partial charge in [0.05, 0.1) is 13.2 Å². The molecule has 2 fully saturated rings. The molecule has 1 unspecified atom stereocenters. The monoisotopic (exact) mass is 570 g/mol. The smallest absolute Gasteiger partial charge is 0.675 e. The summed E-state index contributed by atoms with van der Waals surface area (Å²) in [5, 5.41) is 0. The van der Waals surface area contributed by atoms with Gasteiger partial charge in [0.1, 0.15) is 5.78 Å². The van der Waals surface area contributed by atoms with Crippen LogP contribution in [0.1, 0.15) is 83.5 Å². The van der Waals surface area contributed by atoms with Gasteiger partial charge in [-0.25, -0.2) is 10.3 Å². The van der Waals surface area contributed by atoms with Crippen molar-refractivity contribution < 1.29 is 56.7 Å². The Balaban J connectivity index is 0.000000498. The van der Waals surface area contributed by atoms with Crippen LogP contribution in [0.2, 0.25) is 0 Å². The van der Waals surface area contributed by atoms with Crippen LogP contribution < -0.4 is 29.2 Å². The Morgan fingerprint density at radius 3 is 2.46 bits per heavy atom. The third-order valence-corrected chi connectivity index (χ3v) is 6.64. The summed E-state index contributed by atoms with van der Waals surface area (Å²) in [5.74, 6) is -0.0679. The molecule has 0 aromatic heterocycles. The number of nitrogens with one attached hydrogen (secondary N) is 1. The van der Waals surface area contributed by atoms with E-state index in [-0.39, 0.29) is 48.8 Å². The van der Waals surface area contributed by atoms with Crippen LogP contribution in [-0.4, -0.2) is 63.5 Å². The molecule has 41 heavy (non-hydrogen) atoms. The molecule has 0 spiro atoms. The molecule has 0 radical (unpaired) electrons. The number of morpholine rings is 1. The number of anilines is 1. The average molecular weight is 571 g/mol. The predicted molar refractivity (Wildman–Crippen MR) is 148 cm³/mol. The molecule has 226 valence electrons. The Morgan fingerprint density at radius 1 is 1.10 bits per heavy atom. The molecule has 11 heteroatoms. The van der Waals surface area contributed by atoms with Crippen molar-refractivity contribution in [3.8, 4) is 0 Å². The fraction of sp³-hybridized carbons (Fsp3) is 0.667. The first-order valence-corrected chi connectivity index (χ1v) is 14.4. The molecule has 0 bridgehead atoms. The maximum atomic E-state index is 13.3. The van der Waals surface area contributed by atoms with Gasteiger partial charge >= 0.3 is 18.9 Å². The topological polar surface area (TPSA) is 103 Å². The maximum Gasteiger partial charge on any atom is 1.00 e. The van der Waals surface area contributed by atoms with Crippen LogP contribution in [0.3, 0.4) is 0 Å². The van der Waals surface area contributed by atoms with Crippen LogP contribution in [0.4, 0.5) is 10.1 Å². The summed E-state index contributed by atoms with van der Waals surface area (Å²) < 4.78 is 28.4. The van der Waals surface area contributed by atoms with E-state index in [2.05, 4.69) is 23.2 Å². The van der Waals surface area contributed by atoms with Crippen molar-refractivity contribution in [3.63, 3.8) is 0 Å². The van der Waals surface area contributed by atoms with E-state index in [4.69, 9.17) is 14.3 Å². The molecule has 9 nitrogen and oxygen atoms in total. The zero-order valence-electron chi connectivity index (χ0n) is 24.5. The molecule has 2 heterocycles. The number of Topliss-reactive ketones (excluding diaryl/α,β-unsaturated/α-hetero) is 1. The summed E-state index contributed by atoms with van der Waals surface area (Å²) in [6, 6.07) is 7.55. The fourth-order valence-electron chi connectivity index (χ4n) is 4.36.